The molecule has 4 heteroatoms. The SMILES string of the molecule is CN(C)CC1CCN(c2cc(Br)ccc2N)CC1. The molecule has 1 saturated heterocycles. The largest absolute Gasteiger partial charge is 0.397 e. The van der Waals surface area contributed by atoms with E-state index in [2.05, 4.69) is 45.9 Å². The van der Waals surface area contributed by atoms with Crippen LogP contribution in [0.4, 0.5) is 11.4 Å². The quantitative estimate of drug-likeness (QED) is 0.871. The van der Waals surface area contributed by atoms with E-state index in [1.54, 1.807) is 0 Å². The van der Waals surface area contributed by atoms with E-state index in [1.165, 1.54) is 25.1 Å². The zero-order valence-corrected chi connectivity index (χ0v) is 12.8. The molecule has 0 aromatic heterocycles. The smallest absolute Gasteiger partial charge is 0.0611 e. The van der Waals surface area contributed by atoms with Crippen LogP contribution in [0.25, 0.3) is 0 Å². The summed E-state index contributed by atoms with van der Waals surface area (Å²) in [6.45, 7) is 3.42. The fourth-order valence-electron chi connectivity index (χ4n) is 2.66. The van der Waals surface area contributed by atoms with Crippen LogP contribution in [0, 0.1) is 5.92 Å². The van der Waals surface area contributed by atoms with Crippen molar-refractivity contribution in [3.8, 4) is 0 Å². The van der Waals surface area contributed by atoms with Crippen molar-refractivity contribution < 1.29 is 0 Å². The molecule has 0 radical (unpaired) electrons. The molecule has 0 saturated carbocycles. The maximum Gasteiger partial charge on any atom is 0.0611 e. The molecule has 0 bridgehead atoms. The Morgan fingerprint density at radius 3 is 2.61 bits per heavy atom. The molecule has 0 aliphatic carbocycles. The molecule has 1 aliphatic rings. The van der Waals surface area contributed by atoms with E-state index < -0.39 is 0 Å². The van der Waals surface area contributed by atoms with Crippen LogP contribution in [0.15, 0.2) is 22.7 Å². The summed E-state index contributed by atoms with van der Waals surface area (Å²) in [5.74, 6) is 0.824. The predicted molar refractivity (Wildman–Crippen MR) is 82.0 cm³/mol. The van der Waals surface area contributed by atoms with Gasteiger partial charge in [0.25, 0.3) is 0 Å². The fourth-order valence-corrected chi connectivity index (χ4v) is 3.01. The second-order valence-electron chi connectivity index (χ2n) is 5.40. The van der Waals surface area contributed by atoms with Crippen LogP contribution in [0.3, 0.4) is 0 Å². The molecular formula is C14H22BrN3. The van der Waals surface area contributed by atoms with E-state index >= 15 is 0 Å². The normalized spacial score (nSPS) is 17.4. The van der Waals surface area contributed by atoms with Crippen molar-refractivity contribution in [3.63, 3.8) is 0 Å². The number of nitrogen functional groups attached to an aromatic ring is 1. The van der Waals surface area contributed by atoms with Gasteiger partial charge in [0.1, 0.15) is 0 Å². The summed E-state index contributed by atoms with van der Waals surface area (Å²) in [6.07, 6.45) is 2.51. The van der Waals surface area contributed by atoms with Crippen LogP contribution in [0.5, 0.6) is 0 Å². The molecule has 2 rings (SSSR count). The molecule has 0 atom stereocenters. The molecule has 0 unspecified atom stereocenters. The Hall–Kier alpha value is -0.740. The fraction of sp³-hybridized carbons (Fsp3) is 0.571. The highest BCUT2D eigenvalue weighted by atomic mass is 79.9. The number of anilines is 2. The van der Waals surface area contributed by atoms with E-state index in [9.17, 15) is 0 Å². The van der Waals surface area contributed by atoms with Crippen LogP contribution in [0.1, 0.15) is 12.8 Å². The van der Waals surface area contributed by atoms with Gasteiger partial charge < -0.3 is 15.5 Å². The lowest BCUT2D eigenvalue weighted by molar-refractivity contribution is 0.285. The van der Waals surface area contributed by atoms with Crippen molar-refractivity contribution >= 4 is 27.3 Å². The van der Waals surface area contributed by atoms with Gasteiger partial charge in [0, 0.05) is 24.1 Å². The molecule has 3 nitrogen and oxygen atoms in total. The Bertz CT molecular complexity index is 398. The van der Waals surface area contributed by atoms with Gasteiger partial charge in [0.2, 0.25) is 0 Å². The summed E-state index contributed by atoms with van der Waals surface area (Å²) in [6, 6.07) is 6.10. The summed E-state index contributed by atoms with van der Waals surface area (Å²) in [5, 5.41) is 0. The van der Waals surface area contributed by atoms with E-state index in [1.807, 2.05) is 12.1 Å². The minimum Gasteiger partial charge on any atom is -0.397 e. The first kappa shape index (κ1) is 13.7. The first-order chi connectivity index (χ1) is 8.56. The van der Waals surface area contributed by atoms with Gasteiger partial charge in [0.15, 0.2) is 0 Å². The summed E-state index contributed by atoms with van der Waals surface area (Å²) >= 11 is 3.52. The zero-order chi connectivity index (χ0) is 13.1. The number of hydrogen-bond acceptors (Lipinski definition) is 3. The minimum atomic E-state index is 0.824. The first-order valence-corrected chi connectivity index (χ1v) is 7.30. The van der Waals surface area contributed by atoms with Gasteiger partial charge in [-0.1, -0.05) is 15.9 Å². The molecule has 1 aromatic rings. The molecule has 2 N–H and O–H groups in total. The van der Waals surface area contributed by atoms with Crippen molar-refractivity contribution in [1.29, 1.82) is 0 Å². The van der Waals surface area contributed by atoms with Crippen LogP contribution < -0.4 is 10.6 Å². The lowest BCUT2D eigenvalue weighted by Crippen LogP contribution is -2.37. The van der Waals surface area contributed by atoms with Crippen molar-refractivity contribution in [1.82, 2.24) is 4.90 Å². The Kier molecular flexibility index (Phi) is 4.51. The molecule has 0 spiro atoms. The van der Waals surface area contributed by atoms with Crippen molar-refractivity contribution in [3.05, 3.63) is 22.7 Å². The Morgan fingerprint density at radius 1 is 1.33 bits per heavy atom. The maximum absolute atomic E-state index is 6.06. The predicted octanol–water partition coefficient (Wildman–Crippen LogP) is 2.81. The monoisotopic (exact) mass is 311 g/mol. The highest BCUT2D eigenvalue weighted by molar-refractivity contribution is 9.10. The van der Waals surface area contributed by atoms with Gasteiger partial charge in [0.05, 0.1) is 11.4 Å². The Morgan fingerprint density at radius 2 is 2.00 bits per heavy atom. The maximum atomic E-state index is 6.06. The second-order valence-corrected chi connectivity index (χ2v) is 6.31. The van der Waals surface area contributed by atoms with Gasteiger partial charge >= 0.3 is 0 Å². The number of nitrogens with zero attached hydrogens (tertiary/aromatic N) is 2. The van der Waals surface area contributed by atoms with Gasteiger partial charge in [-0.25, -0.2) is 0 Å². The molecule has 1 aromatic carbocycles. The molecule has 1 fully saturated rings. The third kappa shape index (κ3) is 3.39. The minimum absolute atomic E-state index is 0.824. The molecule has 0 amide bonds. The topological polar surface area (TPSA) is 32.5 Å². The van der Waals surface area contributed by atoms with Crippen LogP contribution >= 0.6 is 15.9 Å². The van der Waals surface area contributed by atoms with Crippen molar-refractivity contribution in [2.75, 3.05) is 44.4 Å². The highest BCUT2D eigenvalue weighted by Crippen LogP contribution is 2.30. The lowest BCUT2D eigenvalue weighted by atomic mass is 9.96. The number of rotatable bonds is 3. The summed E-state index contributed by atoms with van der Waals surface area (Å²) in [5.41, 5.74) is 8.12. The first-order valence-electron chi connectivity index (χ1n) is 6.51. The highest BCUT2D eigenvalue weighted by Gasteiger charge is 2.21. The van der Waals surface area contributed by atoms with Gasteiger partial charge in [-0.2, -0.15) is 0 Å². The summed E-state index contributed by atoms with van der Waals surface area (Å²) in [7, 11) is 4.30. The zero-order valence-electron chi connectivity index (χ0n) is 11.2. The molecule has 1 heterocycles. The standard InChI is InChI=1S/C14H22BrN3/c1-17(2)10-11-5-7-18(8-6-11)14-9-12(15)3-4-13(14)16/h3-4,9,11H,5-8,10,16H2,1-2H3. The van der Waals surface area contributed by atoms with Gasteiger partial charge in [-0.3, -0.25) is 0 Å². The number of nitrogens with two attached hydrogens (primary N) is 1. The number of hydrogen-bond donors (Lipinski definition) is 1. The Balaban J connectivity index is 1.99. The molecule has 100 valence electrons. The lowest BCUT2D eigenvalue weighted by Gasteiger charge is -2.35. The summed E-state index contributed by atoms with van der Waals surface area (Å²) < 4.78 is 1.10. The van der Waals surface area contributed by atoms with Crippen LogP contribution in [0.2, 0.25) is 0 Å². The van der Waals surface area contributed by atoms with Crippen molar-refractivity contribution in [2.24, 2.45) is 5.92 Å². The van der Waals surface area contributed by atoms with Crippen LogP contribution in [-0.2, 0) is 0 Å². The molecule has 1 aliphatic heterocycles. The third-order valence-electron chi connectivity index (χ3n) is 3.57. The second kappa shape index (κ2) is 5.93. The van der Waals surface area contributed by atoms with Gasteiger partial charge in [-0.05, 0) is 51.1 Å². The number of halogens is 1. The average Bonchev–Trinajstić information content (AvgIpc) is 2.33. The Labute approximate surface area is 118 Å². The van der Waals surface area contributed by atoms with E-state index in [0.717, 1.165) is 29.2 Å². The van der Waals surface area contributed by atoms with Crippen molar-refractivity contribution in [2.45, 2.75) is 12.8 Å². The number of benzene rings is 1. The third-order valence-corrected chi connectivity index (χ3v) is 4.06. The number of piperidine rings is 1. The van der Waals surface area contributed by atoms with E-state index in [0.29, 0.717) is 0 Å². The van der Waals surface area contributed by atoms with E-state index in [-0.39, 0.29) is 0 Å². The van der Waals surface area contributed by atoms with Gasteiger partial charge in [-0.15, -0.1) is 0 Å². The summed E-state index contributed by atoms with van der Waals surface area (Å²) in [4.78, 5) is 4.69. The van der Waals surface area contributed by atoms with E-state index in [4.69, 9.17) is 5.73 Å². The average molecular weight is 312 g/mol. The van der Waals surface area contributed by atoms with Crippen LogP contribution in [-0.4, -0.2) is 38.6 Å². The molecule has 18 heavy (non-hydrogen) atoms. The molecular weight excluding hydrogens is 290 g/mol.